The number of hydrogen-bond acceptors (Lipinski definition) is 7. The van der Waals surface area contributed by atoms with Crippen LogP contribution >= 0.6 is 0 Å². The van der Waals surface area contributed by atoms with Crippen molar-refractivity contribution in [2.45, 2.75) is 18.9 Å². The molecule has 4 aromatic rings. The second kappa shape index (κ2) is 9.41. The summed E-state index contributed by atoms with van der Waals surface area (Å²) in [7, 11) is 1.88. The lowest BCUT2D eigenvalue weighted by atomic mass is 10.1. The van der Waals surface area contributed by atoms with Gasteiger partial charge in [0.25, 0.3) is 5.91 Å². The average Bonchev–Trinajstić information content (AvgIpc) is 3.30. The van der Waals surface area contributed by atoms with E-state index in [0.717, 1.165) is 21.9 Å². The molecule has 0 radical (unpaired) electrons. The van der Waals surface area contributed by atoms with Gasteiger partial charge in [0.2, 0.25) is 0 Å². The number of primary amides is 1. The topological polar surface area (TPSA) is 128 Å². The first-order valence-corrected chi connectivity index (χ1v) is 11.3. The monoisotopic (exact) mass is 471 g/mol. The van der Waals surface area contributed by atoms with Gasteiger partial charge < -0.3 is 20.7 Å². The maximum atomic E-state index is 13.0. The molecule has 1 saturated heterocycles. The summed E-state index contributed by atoms with van der Waals surface area (Å²) in [6.45, 7) is 1.31. The summed E-state index contributed by atoms with van der Waals surface area (Å²) in [5, 5.41) is 9.06. The van der Waals surface area contributed by atoms with E-state index in [1.165, 1.54) is 0 Å². The third-order valence-electron chi connectivity index (χ3n) is 6.06. The standard InChI is InChI=1S/C25H25N7O3/c1-31-15-20(14-29-31)16-2-3-18-13-28-22(11-19(18)10-16)30-24(33)17-4-7-27-23(12-17)32-8-5-21(6-9-32)35-25(26)34/h2-4,7,10-15,21H,5-6,8-9H2,1H3,(H2,26,34)(H,28,30,33). The Morgan fingerprint density at radius 1 is 1.03 bits per heavy atom. The number of ether oxygens (including phenoxy) is 1. The molecule has 0 saturated carbocycles. The smallest absolute Gasteiger partial charge is 0.404 e. The van der Waals surface area contributed by atoms with Crippen molar-refractivity contribution in [3.05, 3.63) is 66.7 Å². The Morgan fingerprint density at radius 3 is 2.60 bits per heavy atom. The Hall–Kier alpha value is -4.47. The predicted octanol–water partition coefficient (Wildman–Crippen LogP) is 3.35. The minimum absolute atomic E-state index is 0.187. The summed E-state index contributed by atoms with van der Waals surface area (Å²) >= 11 is 0. The maximum absolute atomic E-state index is 13.0. The first kappa shape index (κ1) is 22.3. The molecule has 1 aromatic carbocycles. The van der Waals surface area contributed by atoms with E-state index in [1.54, 1.807) is 29.2 Å². The number of rotatable bonds is 5. The summed E-state index contributed by atoms with van der Waals surface area (Å²) in [5.41, 5.74) is 7.65. The summed E-state index contributed by atoms with van der Waals surface area (Å²) in [6, 6.07) is 11.4. The number of nitrogens with two attached hydrogens (primary N) is 1. The third-order valence-corrected chi connectivity index (χ3v) is 6.06. The van der Waals surface area contributed by atoms with Crippen molar-refractivity contribution in [2.75, 3.05) is 23.3 Å². The number of amides is 2. The van der Waals surface area contributed by atoms with Crippen molar-refractivity contribution >= 4 is 34.4 Å². The van der Waals surface area contributed by atoms with E-state index in [2.05, 4.69) is 31.3 Å². The summed E-state index contributed by atoms with van der Waals surface area (Å²) in [4.78, 5) is 34.8. The van der Waals surface area contributed by atoms with Gasteiger partial charge in [-0.15, -0.1) is 0 Å². The molecule has 0 spiro atoms. The molecule has 0 atom stereocenters. The molecule has 0 aliphatic carbocycles. The van der Waals surface area contributed by atoms with Crippen LogP contribution in [0, 0.1) is 0 Å². The number of piperidine rings is 1. The number of pyridine rings is 2. The van der Waals surface area contributed by atoms with Crippen LogP contribution in [0.15, 0.2) is 61.2 Å². The van der Waals surface area contributed by atoms with Crippen LogP contribution in [0.2, 0.25) is 0 Å². The molecule has 0 bridgehead atoms. The zero-order chi connectivity index (χ0) is 24.4. The third kappa shape index (κ3) is 5.06. The number of carbonyl (C=O) groups excluding carboxylic acids is 2. The lowest BCUT2D eigenvalue weighted by Crippen LogP contribution is -2.39. The number of hydrogen-bond donors (Lipinski definition) is 2. The maximum Gasteiger partial charge on any atom is 0.404 e. The van der Waals surface area contributed by atoms with Gasteiger partial charge in [0.05, 0.1) is 6.20 Å². The van der Waals surface area contributed by atoms with E-state index in [0.29, 0.717) is 43.1 Å². The van der Waals surface area contributed by atoms with Crippen LogP contribution in [-0.2, 0) is 11.8 Å². The first-order valence-electron chi connectivity index (χ1n) is 11.3. The van der Waals surface area contributed by atoms with Crippen LogP contribution in [0.4, 0.5) is 16.4 Å². The molecule has 0 unspecified atom stereocenters. The zero-order valence-electron chi connectivity index (χ0n) is 19.2. The van der Waals surface area contributed by atoms with Gasteiger partial charge in [-0.1, -0.05) is 12.1 Å². The van der Waals surface area contributed by atoms with Gasteiger partial charge in [-0.2, -0.15) is 5.10 Å². The Morgan fingerprint density at radius 2 is 1.86 bits per heavy atom. The van der Waals surface area contributed by atoms with Gasteiger partial charge in [0.1, 0.15) is 17.7 Å². The lowest BCUT2D eigenvalue weighted by Gasteiger charge is -2.32. The normalized spacial score (nSPS) is 14.1. The summed E-state index contributed by atoms with van der Waals surface area (Å²) < 4.78 is 6.85. The number of fused-ring (bicyclic) bond motifs is 1. The number of aromatic nitrogens is 4. The van der Waals surface area contributed by atoms with Crippen LogP contribution in [0.5, 0.6) is 0 Å². The molecule has 35 heavy (non-hydrogen) atoms. The van der Waals surface area contributed by atoms with Crippen molar-refractivity contribution in [3.8, 4) is 11.1 Å². The molecule has 1 fully saturated rings. The van der Waals surface area contributed by atoms with Crippen LogP contribution < -0.4 is 16.0 Å². The molecule has 1 aliphatic rings. The van der Waals surface area contributed by atoms with Crippen molar-refractivity contribution in [1.82, 2.24) is 19.7 Å². The fraction of sp³-hybridized carbons (Fsp3) is 0.240. The zero-order valence-corrected chi connectivity index (χ0v) is 19.2. The van der Waals surface area contributed by atoms with E-state index < -0.39 is 6.09 Å². The minimum Gasteiger partial charge on any atom is -0.446 e. The number of benzene rings is 1. The molecule has 5 rings (SSSR count). The fourth-order valence-corrected chi connectivity index (χ4v) is 4.25. The first-order chi connectivity index (χ1) is 16.9. The Kier molecular flexibility index (Phi) is 6.01. The molecule has 4 heterocycles. The molecule has 10 heteroatoms. The number of nitrogens with one attached hydrogen (secondary N) is 1. The fourth-order valence-electron chi connectivity index (χ4n) is 4.25. The van der Waals surface area contributed by atoms with Crippen molar-refractivity contribution in [2.24, 2.45) is 12.8 Å². The minimum atomic E-state index is -0.754. The van der Waals surface area contributed by atoms with Crippen LogP contribution in [0.1, 0.15) is 23.2 Å². The Bertz CT molecular complexity index is 1390. The highest BCUT2D eigenvalue weighted by molar-refractivity contribution is 6.05. The second-order valence-corrected chi connectivity index (χ2v) is 8.51. The quantitative estimate of drug-likeness (QED) is 0.457. The molecule has 3 N–H and O–H groups in total. The van der Waals surface area contributed by atoms with E-state index in [1.807, 2.05) is 37.6 Å². The van der Waals surface area contributed by atoms with Gasteiger partial charge in [-0.25, -0.2) is 14.8 Å². The second-order valence-electron chi connectivity index (χ2n) is 8.51. The van der Waals surface area contributed by atoms with E-state index in [4.69, 9.17) is 10.5 Å². The molecular weight excluding hydrogens is 446 g/mol. The molecule has 10 nitrogen and oxygen atoms in total. The number of anilines is 2. The van der Waals surface area contributed by atoms with Gasteiger partial charge in [0, 0.05) is 68.1 Å². The van der Waals surface area contributed by atoms with Gasteiger partial charge >= 0.3 is 6.09 Å². The average molecular weight is 472 g/mol. The SMILES string of the molecule is Cn1cc(-c2ccc3cnc(NC(=O)c4ccnc(N5CCC(OC(N)=O)CC5)c4)cc3c2)cn1. The lowest BCUT2D eigenvalue weighted by molar-refractivity contribution is 0.0910. The van der Waals surface area contributed by atoms with Crippen LogP contribution in [0.25, 0.3) is 21.9 Å². The highest BCUT2D eigenvalue weighted by atomic mass is 16.6. The van der Waals surface area contributed by atoms with Crippen LogP contribution in [-0.4, -0.2) is 50.9 Å². The molecule has 2 amide bonds. The van der Waals surface area contributed by atoms with Crippen molar-refractivity contribution in [3.63, 3.8) is 0 Å². The Labute approximate surface area is 201 Å². The predicted molar refractivity (Wildman–Crippen MR) is 132 cm³/mol. The van der Waals surface area contributed by atoms with Gasteiger partial charge in [-0.3, -0.25) is 9.48 Å². The van der Waals surface area contributed by atoms with Gasteiger partial charge in [0.15, 0.2) is 0 Å². The molecular formula is C25H25N7O3. The molecule has 3 aromatic heterocycles. The highest BCUT2D eigenvalue weighted by Crippen LogP contribution is 2.26. The number of nitrogens with zero attached hydrogens (tertiary/aromatic N) is 5. The van der Waals surface area contributed by atoms with E-state index in [9.17, 15) is 9.59 Å². The van der Waals surface area contributed by atoms with E-state index in [-0.39, 0.29) is 12.0 Å². The molecule has 178 valence electrons. The van der Waals surface area contributed by atoms with Crippen molar-refractivity contribution in [1.29, 1.82) is 0 Å². The summed E-state index contributed by atoms with van der Waals surface area (Å²) in [6.07, 6.45) is 7.51. The van der Waals surface area contributed by atoms with E-state index >= 15 is 0 Å². The number of aryl methyl sites for hydroxylation is 1. The number of carbonyl (C=O) groups is 2. The van der Waals surface area contributed by atoms with Crippen molar-refractivity contribution < 1.29 is 14.3 Å². The molecule has 1 aliphatic heterocycles. The van der Waals surface area contributed by atoms with Gasteiger partial charge in [-0.05, 0) is 35.2 Å². The highest BCUT2D eigenvalue weighted by Gasteiger charge is 2.23. The Balaban J connectivity index is 1.29. The van der Waals surface area contributed by atoms with Crippen LogP contribution in [0.3, 0.4) is 0 Å². The largest absolute Gasteiger partial charge is 0.446 e. The summed E-state index contributed by atoms with van der Waals surface area (Å²) in [5.74, 6) is 0.896.